The van der Waals surface area contributed by atoms with E-state index in [4.69, 9.17) is 5.11 Å². The average molecular weight is 270 g/mol. The summed E-state index contributed by atoms with van der Waals surface area (Å²) in [5.41, 5.74) is 0. The lowest BCUT2D eigenvalue weighted by atomic mass is 10.3. The molecule has 0 atom stereocenters. The van der Waals surface area contributed by atoms with Gasteiger partial charge < -0.3 is 15.3 Å². The SMILES string of the molecule is CCN(CCc1cccs1)C(=O)NCCC(=O)O. The van der Waals surface area contributed by atoms with E-state index in [2.05, 4.69) is 5.32 Å². The third-order valence-corrected chi connectivity index (χ3v) is 3.43. The number of carbonyl (C=O) groups is 2. The number of urea groups is 1. The van der Waals surface area contributed by atoms with Crippen molar-refractivity contribution in [1.82, 2.24) is 10.2 Å². The number of aliphatic carboxylic acids is 1. The summed E-state index contributed by atoms with van der Waals surface area (Å²) in [6, 6.07) is 3.83. The number of nitrogens with zero attached hydrogens (tertiary/aromatic N) is 1. The first kappa shape index (κ1) is 14.5. The molecular weight excluding hydrogens is 252 g/mol. The summed E-state index contributed by atoms with van der Waals surface area (Å²) in [6.45, 7) is 3.34. The van der Waals surface area contributed by atoms with Gasteiger partial charge in [-0.25, -0.2) is 4.79 Å². The predicted octanol–water partition coefficient (Wildman–Crippen LogP) is 1.80. The predicted molar refractivity (Wildman–Crippen MR) is 70.9 cm³/mol. The monoisotopic (exact) mass is 270 g/mol. The van der Waals surface area contributed by atoms with Crippen LogP contribution < -0.4 is 5.32 Å². The normalized spacial score (nSPS) is 10.1. The highest BCUT2D eigenvalue weighted by molar-refractivity contribution is 7.09. The molecule has 0 aliphatic carbocycles. The second-order valence-electron chi connectivity index (χ2n) is 3.78. The van der Waals surface area contributed by atoms with Gasteiger partial charge in [0.2, 0.25) is 0 Å². The molecule has 0 unspecified atom stereocenters. The molecule has 1 aromatic heterocycles. The van der Waals surface area contributed by atoms with Crippen LogP contribution in [0.2, 0.25) is 0 Å². The molecule has 0 saturated heterocycles. The summed E-state index contributed by atoms with van der Waals surface area (Å²) in [6.07, 6.45) is 0.784. The van der Waals surface area contributed by atoms with Gasteiger partial charge >= 0.3 is 12.0 Å². The molecule has 5 nitrogen and oxygen atoms in total. The number of hydrogen-bond acceptors (Lipinski definition) is 3. The standard InChI is InChI=1S/C12H18N2O3S/c1-2-14(8-6-10-4-3-9-18-10)12(17)13-7-5-11(15)16/h3-4,9H,2,5-8H2,1H3,(H,13,17)(H,15,16). The number of nitrogens with one attached hydrogen (secondary N) is 1. The van der Waals surface area contributed by atoms with Crippen molar-refractivity contribution in [2.75, 3.05) is 19.6 Å². The van der Waals surface area contributed by atoms with Crippen molar-refractivity contribution in [2.45, 2.75) is 19.8 Å². The Morgan fingerprint density at radius 2 is 2.28 bits per heavy atom. The molecule has 0 fully saturated rings. The molecule has 100 valence electrons. The van der Waals surface area contributed by atoms with Gasteiger partial charge in [-0.2, -0.15) is 0 Å². The van der Waals surface area contributed by atoms with Crippen molar-refractivity contribution in [2.24, 2.45) is 0 Å². The van der Waals surface area contributed by atoms with E-state index in [9.17, 15) is 9.59 Å². The molecule has 0 aliphatic heterocycles. The zero-order chi connectivity index (χ0) is 13.4. The van der Waals surface area contributed by atoms with Crippen LogP contribution in [-0.4, -0.2) is 41.6 Å². The molecule has 0 radical (unpaired) electrons. The second-order valence-corrected chi connectivity index (χ2v) is 4.82. The molecule has 0 saturated carbocycles. The Kier molecular flexibility index (Phi) is 6.21. The Balaban J connectivity index is 2.30. The van der Waals surface area contributed by atoms with Gasteiger partial charge in [-0.05, 0) is 24.8 Å². The zero-order valence-electron chi connectivity index (χ0n) is 10.4. The van der Waals surface area contributed by atoms with Crippen LogP contribution in [0.25, 0.3) is 0 Å². The van der Waals surface area contributed by atoms with E-state index in [0.29, 0.717) is 13.1 Å². The number of thiophene rings is 1. The van der Waals surface area contributed by atoms with Crippen LogP contribution in [0.1, 0.15) is 18.2 Å². The minimum atomic E-state index is -0.906. The van der Waals surface area contributed by atoms with Gasteiger partial charge in [-0.15, -0.1) is 11.3 Å². The summed E-state index contributed by atoms with van der Waals surface area (Å²) in [5, 5.41) is 13.1. The van der Waals surface area contributed by atoms with E-state index in [1.807, 2.05) is 24.4 Å². The van der Waals surface area contributed by atoms with Crippen molar-refractivity contribution in [1.29, 1.82) is 0 Å². The first-order chi connectivity index (χ1) is 8.63. The van der Waals surface area contributed by atoms with Crippen molar-refractivity contribution in [3.05, 3.63) is 22.4 Å². The van der Waals surface area contributed by atoms with E-state index in [1.165, 1.54) is 4.88 Å². The number of likely N-dealkylation sites (N-methyl/N-ethyl adjacent to an activating group) is 1. The number of carbonyl (C=O) groups excluding carboxylic acids is 1. The smallest absolute Gasteiger partial charge is 0.317 e. The van der Waals surface area contributed by atoms with Crippen LogP contribution in [-0.2, 0) is 11.2 Å². The summed E-state index contributed by atoms with van der Waals surface area (Å²) in [5.74, 6) is -0.906. The van der Waals surface area contributed by atoms with E-state index < -0.39 is 5.97 Å². The Bertz CT molecular complexity index is 379. The summed E-state index contributed by atoms with van der Waals surface area (Å²) >= 11 is 1.67. The van der Waals surface area contributed by atoms with Crippen molar-refractivity contribution >= 4 is 23.3 Å². The number of carboxylic acids is 1. The quantitative estimate of drug-likeness (QED) is 0.793. The second kappa shape index (κ2) is 7.71. The lowest BCUT2D eigenvalue weighted by Crippen LogP contribution is -2.41. The Hall–Kier alpha value is -1.56. The van der Waals surface area contributed by atoms with E-state index in [-0.39, 0.29) is 19.0 Å². The average Bonchev–Trinajstić information content (AvgIpc) is 2.82. The van der Waals surface area contributed by atoms with Crippen LogP contribution in [0, 0.1) is 0 Å². The van der Waals surface area contributed by atoms with E-state index in [0.717, 1.165) is 6.42 Å². The van der Waals surface area contributed by atoms with Crippen LogP contribution in [0.15, 0.2) is 17.5 Å². The summed E-state index contributed by atoms with van der Waals surface area (Å²) in [7, 11) is 0. The minimum Gasteiger partial charge on any atom is -0.481 e. The van der Waals surface area contributed by atoms with Crippen LogP contribution in [0.4, 0.5) is 4.79 Å². The highest BCUT2D eigenvalue weighted by Gasteiger charge is 2.11. The van der Waals surface area contributed by atoms with Crippen molar-refractivity contribution in [3.63, 3.8) is 0 Å². The van der Waals surface area contributed by atoms with Gasteiger partial charge in [0.25, 0.3) is 0 Å². The molecule has 0 aromatic carbocycles. The van der Waals surface area contributed by atoms with E-state index >= 15 is 0 Å². The first-order valence-corrected chi connectivity index (χ1v) is 6.78. The number of hydrogen-bond donors (Lipinski definition) is 2. The minimum absolute atomic E-state index is 0.0474. The largest absolute Gasteiger partial charge is 0.481 e. The molecule has 0 aliphatic rings. The summed E-state index contributed by atoms with van der Waals surface area (Å²) in [4.78, 5) is 25.0. The number of amides is 2. The number of carboxylic acid groups (broad SMARTS) is 1. The molecule has 2 amide bonds. The highest BCUT2D eigenvalue weighted by atomic mass is 32.1. The van der Waals surface area contributed by atoms with E-state index in [1.54, 1.807) is 16.2 Å². The fourth-order valence-electron chi connectivity index (χ4n) is 1.49. The van der Waals surface area contributed by atoms with Crippen LogP contribution >= 0.6 is 11.3 Å². The lowest BCUT2D eigenvalue weighted by Gasteiger charge is -2.20. The Labute approximate surface area is 110 Å². The van der Waals surface area contributed by atoms with Gasteiger partial charge in [0.1, 0.15) is 0 Å². The highest BCUT2D eigenvalue weighted by Crippen LogP contribution is 2.09. The van der Waals surface area contributed by atoms with Gasteiger partial charge in [0.15, 0.2) is 0 Å². The fourth-order valence-corrected chi connectivity index (χ4v) is 2.19. The molecule has 0 spiro atoms. The molecule has 0 bridgehead atoms. The summed E-state index contributed by atoms with van der Waals surface area (Å²) < 4.78 is 0. The first-order valence-electron chi connectivity index (χ1n) is 5.90. The van der Waals surface area contributed by atoms with Gasteiger partial charge in [-0.1, -0.05) is 6.07 Å². The van der Waals surface area contributed by atoms with Crippen molar-refractivity contribution < 1.29 is 14.7 Å². The molecule has 2 N–H and O–H groups in total. The molecule has 18 heavy (non-hydrogen) atoms. The zero-order valence-corrected chi connectivity index (χ0v) is 11.2. The maximum atomic E-state index is 11.7. The van der Waals surface area contributed by atoms with Gasteiger partial charge in [0.05, 0.1) is 6.42 Å². The molecule has 6 heteroatoms. The topological polar surface area (TPSA) is 69.6 Å². The third-order valence-electron chi connectivity index (χ3n) is 2.49. The Morgan fingerprint density at radius 1 is 1.50 bits per heavy atom. The molecular formula is C12H18N2O3S. The van der Waals surface area contributed by atoms with Crippen LogP contribution in [0.3, 0.4) is 0 Å². The van der Waals surface area contributed by atoms with Gasteiger partial charge in [-0.3, -0.25) is 4.79 Å². The number of rotatable bonds is 7. The van der Waals surface area contributed by atoms with Crippen LogP contribution in [0.5, 0.6) is 0 Å². The lowest BCUT2D eigenvalue weighted by molar-refractivity contribution is -0.136. The fraction of sp³-hybridized carbons (Fsp3) is 0.500. The molecule has 1 rings (SSSR count). The Morgan fingerprint density at radius 3 is 2.83 bits per heavy atom. The van der Waals surface area contributed by atoms with Gasteiger partial charge in [0, 0.05) is 24.5 Å². The van der Waals surface area contributed by atoms with Crippen molar-refractivity contribution in [3.8, 4) is 0 Å². The third kappa shape index (κ3) is 5.18. The maximum absolute atomic E-state index is 11.7. The molecule has 1 heterocycles. The maximum Gasteiger partial charge on any atom is 0.317 e. The molecule has 1 aromatic rings.